The Morgan fingerprint density at radius 3 is 2.42 bits per heavy atom. The molecule has 1 saturated heterocycles. The lowest BCUT2D eigenvalue weighted by Crippen LogP contribution is -2.59. The maximum Gasteiger partial charge on any atom is 0.342 e. The summed E-state index contributed by atoms with van der Waals surface area (Å²) in [7, 11) is 2.76. The van der Waals surface area contributed by atoms with Crippen LogP contribution in [-0.4, -0.2) is 101 Å². The van der Waals surface area contributed by atoms with Crippen LogP contribution in [0.25, 0.3) is 0 Å². The molecule has 2 heterocycles. The largest absolute Gasteiger partial charge is 0.508 e. The molecule has 0 unspecified atom stereocenters. The normalized spacial score (nSPS) is 26.8. The molecule has 6 N–H and O–H groups in total. The monoisotopic (exact) mass is 609 g/mol. The Labute approximate surface area is 252 Å². The second-order valence-electron chi connectivity index (χ2n) is 12.5. The number of carbonyl (C=O) groups is 2. The number of carbonyl (C=O) groups excluding carboxylic acids is 2. The molecule has 9 atom stereocenters. The first kappa shape index (κ1) is 34.7. The van der Waals surface area contributed by atoms with E-state index in [0.29, 0.717) is 11.1 Å². The van der Waals surface area contributed by atoms with Gasteiger partial charge in [-0.15, -0.1) is 6.58 Å². The van der Waals surface area contributed by atoms with Crippen molar-refractivity contribution >= 4 is 11.9 Å². The van der Waals surface area contributed by atoms with Crippen molar-refractivity contribution in [2.24, 2.45) is 11.3 Å². The summed E-state index contributed by atoms with van der Waals surface area (Å²) in [4.78, 5) is 25.6. The number of aliphatic hydroxyl groups is 3. The van der Waals surface area contributed by atoms with Crippen LogP contribution in [-0.2, 0) is 30.2 Å². The van der Waals surface area contributed by atoms with Crippen LogP contribution in [0.3, 0.4) is 0 Å². The first-order valence-corrected chi connectivity index (χ1v) is 14.5. The van der Waals surface area contributed by atoms with Gasteiger partial charge in [0.05, 0.1) is 24.4 Å². The number of nitrogens with one attached hydrogen (secondary N) is 1. The van der Waals surface area contributed by atoms with Crippen LogP contribution in [0, 0.1) is 18.3 Å². The van der Waals surface area contributed by atoms with Gasteiger partial charge in [0, 0.05) is 50.9 Å². The maximum atomic E-state index is 12.9. The van der Waals surface area contributed by atoms with Crippen molar-refractivity contribution in [3.05, 3.63) is 34.9 Å². The van der Waals surface area contributed by atoms with Gasteiger partial charge in [0.25, 0.3) is 5.91 Å². The number of benzene rings is 1. The fraction of sp³-hybridized carbons (Fsp3) is 0.677. The number of phenols is 2. The van der Waals surface area contributed by atoms with Gasteiger partial charge in [-0.25, -0.2) is 4.79 Å². The van der Waals surface area contributed by atoms with E-state index in [1.165, 1.54) is 14.2 Å². The molecule has 2 aliphatic heterocycles. The Morgan fingerprint density at radius 2 is 1.84 bits per heavy atom. The van der Waals surface area contributed by atoms with Gasteiger partial charge in [0.15, 0.2) is 12.3 Å². The molecule has 1 aromatic carbocycles. The molecule has 0 aromatic heterocycles. The van der Waals surface area contributed by atoms with E-state index < -0.39 is 72.2 Å². The van der Waals surface area contributed by atoms with Gasteiger partial charge < -0.3 is 49.8 Å². The first-order chi connectivity index (χ1) is 20.0. The summed E-state index contributed by atoms with van der Waals surface area (Å²) in [6.07, 6.45) is -6.89. The van der Waals surface area contributed by atoms with E-state index in [4.69, 9.17) is 18.9 Å². The fourth-order valence-corrected chi connectivity index (χ4v) is 5.80. The molecule has 1 fully saturated rings. The van der Waals surface area contributed by atoms with Gasteiger partial charge in [-0.3, -0.25) is 4.79 Å². The van der Waals surface area contributed by atoms with E-state index in [0.717, 1.165) is 11.6 Å². The maximum absolute atomic E-state index is 12.9. The summed E-state index contributed by atoms with van der Waals surface area (Å²) in [5, 5.41) is 56.0. The average molecular weight is 610 g/mol. The minimum Gasteiger partial charge on any atom is -0.508 e. The quantitative estimate of drug-likeness (QED) is 0.115. The number of hydrogen-bond acceptors (Lipinski definition) is 11. The van der Waals surface area contributed by atoms with Crippen LogP contribution in [0.1, 0.15) is 68.4 Å². The predicted octanol–water partition coefficient (Wildman–Crippen LogP) is 1.85. The number of phenolic OH excluding ortho intramolecular Hbond substituents is 2. The summed E-state index contributed by atoms with van der Waals surface area (Å²) < 4.78 is 22.7. The fourth-order valence-electron chi connectivity index (χ4n) is 5.80. The van der Waals surface area contributed by atoms with E-state index in [2.05, 4.69) is 11.9 Å². The van der Waals surface area contributed by atoms with Gasteiger partial charge in [-0.05, 0) is 31.4 Å². The molecule has 0 aliphatic carbocycles. The zero-order valence-corrected chi connectivity index (χ0v) is 26.0. The molecular formula is C31H47NO11. The minimum atomic E-state index is -1.50. The number of aromatic hydroxyl groups is 2. The molecule has 0 radical (unpaired) electrons. The second-order valence-corrected chi connectivity index (χ2v) is 12.5. The van der Waals surface area contributed by atoms with Crippen molar-refractivity contribution in [1.29, 1.82) is 0 Å². The third kappa shape index (κ3) is 7.50. The molecule has 12 nitrogen and oxygen atoms in total. The SMILES string of the molecule is C=C(C)C[C@@H](OC)[C@@H](O)C(=O)N[C@H](OC)[C@H]1C[C@H](O)C(C)(C)[C@H](C[C@@H](O)[C@H](C)[C@@H]2Cc3c(C)c(O)cc(O)c3C(=O)O2)O1. The van der Waals surface area contributed by atoms with Gasteiger partial charge in [0.2, 0.25) is 0 Å². The van der Waals surface area contributed by atoms with Crippen molar-refractivity contribution < 1.29 is 54.1 Å². The number of hydrogen-bond donors (Lipinski definition) is 6. The molecule has 1 amide bonds. The number of amides is 1. The smallest absolute Gasteiger partial charge is 0.342 e. The molecule has 0 bridgehead atoms. The highest BCUT2D eigenvalue weighted by atomic mass is 16.6. The molecule has 2 aliphatic rings. The molecule has 1 aromatic rings. The Bertz CT molecular complexity index is 1180. The van der Waals surface area contributed by atoms with Crippen LogP contribution < -0.4 is 5.32 Å². The number of ether oxygens (including phenoxy) is 4. The Balaban J connectivity index is 1.73. The van der Waals surface area contributed by atoms with Gasteiger partial charge in [-0.2, -0.15) is 0 Å². The topological polar surface area (TPSA) is 184 Å². The highest BCUT2D eigenvalue weighted by molar-refractivity contribution is 5.96. The van der Waals surface area contributed by atoms with E-state index in [1.54, 1.807) is 20.8 Å². The highest BCUT2D eigenvalue weighted by Gasteiger charge is 2.48. The molecular weight excluding hydrogens is 562 g/mol. The van der Waals surface area contributed by atoms with Crippen molar-refractivity contribution in [1.82, 2.24) is 5.32 Å². The summed E-state index contributed by atoms with van der Waals surface area (Å²) in [5.74, 6) is -2.57. The van der Waals surface area contributed by atoms with E-state index in [1.807, 2.05) is 13.8 Å². The van der Waals surface area contributed by atoms with Crippen LogP contribution >= 0.6 is 0 Å². The standard InChI is InChI=1S/C31H47NO11/c1-14(2)9-22(40-7)27(37)28(38)32-29(41-8)23-13-24(36)31(5,6)25(42-23)12-19(34)16(4)21-10-17-15(3)18(33)11-20(35)26(17)30(39)43-21/h11,16,19,21-25,27,29,33-37H,1,9-10,12-13H2,2-8H3,(H,32,38)/t16-,19+,21-,22+,23+,24-,25-,27+,29+/m0/s1. The summed E-state index contributed by atoms with van der Waals surface area (Å²) in [6.45, 7) is 12.6. The van der Waals surface area contributed by atoms with Crippen LogP contribution in [0.15, 0.2) is 18.2 Å². The lowest BCUT2D eigenvalue weighted by molar-refractivity contribution is -0.217. The van der Waals surface area contributed by atoms with Gasteiger partial charge in [-0.1, -0.05) is 26.3 Å². The molecule has 43 heavy (non-hydrogen) atoms. The second kappa shape index (κ2) is 13.9. The average Bonchev–Trinajstić information content (AvgIpc) is 2.94. The van der Waals surface area contributed by atoms with Crippen molar-refractivity contribution in [2.75, 3.05) is 14.2 Å². The number of rotatable bonds is 12. The number of methoxy groups -OCH3 is 2. The molecule has 0 spiro atoms. The van der Waals surface area contributed by atoms with E-state index >= 15 is 0 Å². The van der Waals surface area contributed by atoms with E-state index in [-0.39, 0.29) is 42.7 Å². The Kier molecular flexibility index (Phi) is 11.2. The van der Waals surface area contributed by atoms with Gasteiger partial charge >= 0.3 is 5.97 Å². The van der Waals surface area contributed by atoms with Crippen molar-refractivity contribution in [2.45, 2.75) is 109 Å². The van der Waals surface area contributed by atoms with Crippen molar-refractivity contribution in [3.63, 3.8) is 0 Å². The number of cyclic esters (lactones) is 1. The third-order valence-electron chi connectivity index (χ3n) is 9.02. The zero-order chi connectivity index (χ0) is 32.4. The predicted molar refractivity (Wildman–Crippen MR) is 155 cm³/mol. The van der Waals surface area contributed by atoms with Gasteiger partial charge in [0.1, 0.15) is 29.3 Å². The van der Waals surface area contributed by atoms with Crippen LogP contribution in [0.5, 0.6) is 11.5 Å². The number of aliphatic hydroxyl groups excluding tert-OH is 3. The van der Waals surface area contributed by atoms with Crippen LogP contribution in [0.4, 0.5) is 0 Å². The number of fused-ring (bicyclic) bond motifs is 1. The lowest BCUT2D eigenvalue weighted by Gasteiger charge is -2.48. The molecule has 3 rings (SSSR count). The van der Waals surface area contributed by atoms with Crippen LogP contribution in [0.2, 0.25) is 0 Å². The molecule has 0 saturated carbocycles. The van der Waals surface area contributed by atoms with Crippen molar-refractivity contribution in [3.8, 4) is 11.5 Å². The minimum absolute atomic E-state index is 0.00479. The lowest BCUT2D eigenvalue weighted by atomic mass is 9.73. The Morgan fingerprint density at radius 1 is 1.19 bits per heavy atom. The summed E-state index contributed by atoms with van der Waals surface area (Å²) in [5.41, 5.74) is 0.851. The highest BCUT2D eigenvalue weighted by Crippen LogP contribution is 2.42. The first-order valence-electron chi connectivity index (χ1n) is 14.5. The molecule has 242 valence electrons. The van der Waals surface area contributed by atoms with E-state index in [9.17, 15) is 35.1 Å². The molecule has 12 heteroatoms. The third-order valence-corrected chi connectivity index (χ3v) is 9.02. The zero-order valence-electron chi connectivity index (χ0n) is 26.0. The Hall–Kier alpha value is -2.74. The summed E-state index contributed by atoms with van der Waals surface area (Å²) >= 11 is 0. The number of esters is 1. The summed E-state index contributed by atoms with van der Waals surface area (Å²) in [6, 6.07) is 1.10.